The van der Waals surface area contributed by atoms with Crippen LogP contribution in [0.4, 0.5) is 5.69 Å². The van der Waals surface area contributed by atoms with Crippen molar-refractivity contribution in [2.75, 3.05) is 7.11 Å². The van der Waals surface area contributed by atoms with Crippen LogP contribution in [0.3, 0.4) is 0 Å². The van der Waals surface area contributed by atoms with Crippen molar-refractivity contribution >= 4 is 21.6 Å². The van der Waals surface area contributed by atoms with Crippen LogP contribution in [-0.2, 0) is 6.54 Å². The molecule has 1 N–H and O–H groups in total. The smallest absolute Gasteiger partial charge is 0.129 e. The average Bonchev–Trinajstić information content (AvgIpc) is 2.43. The minimum atomic E-state index is 0.218. The van der Waals surface area contributed by atoms with Crippen molar-refractivity contribution in [3.05, 3.63) is 52.5 Å². The van der Waals surface area contributed by atoms with Crippen molar-refractivity contribution in [3.63, 3.8) is 0 Å². The Morgan fingerprint density at radius 2 is 1.89 bits per heavy atom. The third-order valence-corrected chi connectivity index (χ3v) is 3.16. The van der Waals surface area contributed by atoms with Gasteiger partial charge < -0.3 is 9.84 Å². The monoisotopic (exact) mass is 320 g/mol. The van der Waals surface area contributed by atoms with Crippen molar-refractivity contribution in [1.82, 2.24) is 0 Å². The molecular weight excluding hydrogens is 308 g/mol. The van der Waals surface area contributed by atoms with Gasteiger partial charge in [-0.3, -0.25) is 0 Å². The molecule has 4 nitrogen and oxygen atoms in total. The van der Waals surface area contributed by atoms with Gasteiger partial charge in [-0.25, -0.2) is 0 Å². The molecule has 0 aliphatic carbocycles. The number of hydrogen-bond donors (Lipinski definition) is 1. The van der Waals surface area contributed by atoms with Gasteiger partial charge >= 0.3 is 0 Å². The molecule has 0 saturated carbocycles. The zero-order chi connectivity index (χ0) is 13.7. The van der Waals surface area contributed by atoms with Crippen LogP contribution in [0.15, 0.2) is 57.2 Å². The van der Waals surface area contributed by atoms with E-state index in [1.165, 1.54) is 0 Å². The van der Waals surface area contributed by atoms with Crippen molar-refractivity contribution < 1.29 is 9.84 Å². The van der Waals surface area contributed by atoms with E-state index >= 15 is 0 Å². The Hall–Kier alpha value is -1.88. The van der Waals surface area contributed by atoms with Crippen LogP contribution in [0.5, 0.6) is 11.5 Å². The summed E-state index contributed by atoms with van der Waals surface area (Å²) in [5.74, 6) is 1.01. The molecule has 0 fully saturated rings. The highest BCUT2D eigenvalue weighted by Gasteiger charge is 1.98. The van der Waals surface area contributed by atoms with Gasteiger partial charge in [0.2, 0.25) is 0 Å². The third kappa shape index (κ3) is 3.79. The fourth-order valence-electron chi connectivity index (χ4n) is 1.50. The van der Waals surface area contributed by atoms with E-state index in [9.17, 15) is 5.11 Å². The van der Waals surface area contributed by atoms with Crippen molar-refractivity contribution in [3.8, 4) is 11.5 Å². The van der Waals surface area contributed by atoms with Crippen LogP contribution in [0.2, 0.25) is 0 Å². The third-order valence-electron chi connectivity index (χ3n) is 2.52. The van der Waals surface area contributed by atoms with E-state index in [-0.39, 0.29) is 5.75 Å². The molecular formula is C14H13BrN2O2. The Balaban J connectivity index is 2.00. The minimum absolute atomic E-state index is 0.218. The summed E-state index contributed by atoms with van der Waals surface area (Å²) in [5.41, 5.74) is 1.75. The van der Waals surface area contributed by atoms with Gasteiger partial charge in [-0.05, 0) is 57.9 Å². The van der Waals surface area contributed by atoms with E-state index in [0.717, 1.165) is 17.0 Å². The molecule has 0 heterocycles. The van der Waals surface area contributed by atoms with Gasteiger partial charge in [-0.15, -0.1) is 0 Å². The fourth-order valence-corrected chi connectivity index (χ4v) is 1.92. The molecule has 2 aromatic rings. The van der Waals surface area contributed by atoms with E-state index in [0.29, 0.717) is 11.0 Å². The van der Waals surface area contributed by atoms with Gasteiger partial charge in [0.05, 0.1) is 23.8 Å². The highest BCUT2D eigenvalue weighted by Crippen LogP contribution is 2.25. The largest absolute Gasteiger partial charge is 0.507 e. The lowest BCUT2D eigenvalue weighted by molar-refractivity contribution is 0.415. The van der Waals surface area contributed by atoms with E-state index in [4.69, 9.17) is 4.74 Å². The van der Waals surface area contributed by atoms with Gasteiger partial charge in [0.1, 0.15) is 11.5 Å². The Labute approximate surface area is 119 Å². The Kier molecular flexibility index (Phi) is 4.52. The van der Waals surface area contributed by atoms with Crippen LogP contribution >= 0.6 is 15.9 Å². The molecule has 98 valence electrons. The Bertz CT molecular complexity index is 582. The molecule has 2 rings (SSSR count). The first-order chi connectivity index (χ1) is 9.19. The second-order valence-corrected chi connectivity index (χ2v) is 4.74. The minimum Gasteiger partial charge on any atom is -0.507 e. The summed E-state index contributed by atoms with van der Waals surface area (Å²) in [4.78, 5) is 0. The first-order valence-electron chi connectivity index (χ1n) is 5.68. The molecule has 0 bridgehead atoms. The predicted octanol–water partition coefficient (Wildman–Crippen LogP) is 4.45. The Morgan fingerprint density at radius 3 is 2.53 bits per heavy atom. The topological polar surface area (TPSA) is 54.2 Å². The molecule has 0 saturated heterocycles. The number of ether oxygens (including phenoxy) is 1. The number of hydrogen-bond acceptors (Lipinski definition) is 4. The lowest BCUT2D eigenvalue weighted by atomic mass is 10.2. The first-order valence-corrected chi connectivity index (χ1v) is 6.47. The van der Waals surface area contributed by atoms with Crippen LogP contribution in [0.1, 0.15) is 5.56 Å². The fraction of sp³-hybridized carbons (Fsp3) is 0.143. The van der Waals surface area contributed by atoms with E-state index < -0.39 is 0 Å². The standard InChI is InChI=1S/C14H13BrN2O2/c1-19-12-5-3-11(4-6-12)17-16-9-10-2-7-14(18)13(15)8-10/h2-8,18H,9H2,1H3. The SMILES string of the molecule is COc1ccc(N=NCc2ccc(O)c(Br)c2)cc1. The zero-order valence-corrected chi connectivity index (χ0v) is 12.0. The average molecular weight is 321 g/mol. The second kappa shape index (κ2) is 6.33. The highest BCUT2D eigenvalue weighted by molar-refractivity contribution is 9.10. The quantitative estimate of drug-likeness (QED) is 0.846. The van der Waals surface area contributed by atoms with Crippen LogP contribution in [0.25, 0.3) is 0 Å². The molecule has 0 atom stereocenters. The molecule has 0 amide bonds. The molecule has 5 heteroatoms. The Morgan fingerprint density at radius 1 is 1.16 bits per heavy atom. The van der Waals surface area contributed by atoms with Gasteiger partial charge in [0.15, 0.2) is 0 Å². The molecule has 0 aromatic heterocycles. The summed E-state index contributed by atoms with van der Waals surface area (Å²) in [7, 11) is 1.62. The molecule has 2 aromatic carbocycles. The van der Waals surface area contributed by atoms with E-state index in [1.807, 2.05) is 36.4 Å². The van der Waals surface area contributed by atoms with Gasteiger partial charge in [-0.1, -0.05) is 6.07 Å². The highest BCUT2D eigenvalue weighted by atomic mass is 79.9. The number of rotatable bonds is 4. The lowest BCUT2D eigenvalue weighted by Crippen LogP contribution is -1.81. The summed E-state index contributed by atoms with van der Waals surface area (Å²) in [6.07, 6.45) is 0. The molecule has 0 radical (unpaired) electrons. The maximum absolute atomic E-state index is 9.38. The summed E-state index contributed by atoms with van der Waals surface area (Å²) in [6, 6.07) is 12.6. The molecule has 0 aliphatic rings. The summed E-state index contributed by atoms with van der Waals surface area (Å²) in [6.45, 7) is 0.463. The summed E-state index contributed by atoms with van der Waals surface area (Å²) >= 11 is 3.26. The van der Waals surface area contributed by atoms with Crippen molar-refractivity contribution in [2.24, 2.45) is 10.2 Å². The molecule has 0 spiro atoms. The number of azo groups is 1. The summed E-state index contributed by atoms with van der Waals surface area (Å²) < 4.78 is 5.72. The van der Waals surface area contributed by atoms with Crippen molar-refractivity contribution in [1.29, 1.82) is 0 Å². The summed E-state index contributed by atoms with van der Waals surface area (Å²) in [5, 5.41) is 17.6. The van der Waals surface area contributed by atoms with Gasteiger partial charge in [0, 0.05) is 0 Å². The van der Waals surface area contributed by atoms with Crippen LogP contribution < -0.4 is 4.74 Å². The maximum Gasteiger partial charge on any atom is 0.129 e. The van der Waals surface area contributed by atoms with E-state index in [2.05, 4.69) is 26.2 Å². The predicted molar refractivity (Wildman–Crippen MR) is 77.0 cm³/mol. The molecule has 0 unspecified atom stereocenters. The first kappa shape index (κ1) is 13.5. The van der Waals surface area contributed by atoms with Gasteiger partial charge in [-0.2, -0.15) is 10.2 Å². The van der Waals surface area contributed by atoms with Crippen LogP contribution in [0, 0.1) is 0 Å². The number of halogens is 1. The normalized spacial score (nSPS) is 10.8. The zero-order valence-electron chi connectivity index (χ0n) is 10.4. The number of nitrogens with zero attached hydrogens (tertiary/aromatic N) is 2. The lowest BCUT2D eigenvalue weighted by Gasteiger charge is -2.00. The number of benzene rings is 2. The molecule has 19 heavy (non-hydrogen) atoms. The van der Waals surface area contributed by atoms with Crippen LogP contribution in [-0.4, -0.2) is 12.2 Å². The second-order valence-electron chi connectivity index (χ2n) is 3.88. The number of phenols is 1. The number of phenolic OH excluding ortho intramolecular Hbond substituents is 1. The van der Waals surface area contributed by atoms with Crippen molar-refractivity contribution in [2.45, 2.75) is 6.54 Å². The van der Waals surface area contributed by atoms with E-state index in [1.54, 1.807) is 13.2 Å². The van der Waals surface area contributed by atoms with Gasteiger partial charge in [0.25, 0.3) is 0 Å². The number of aromatic hydroxyl groups is 1. The molecule has 0 aliphatic heterocycles. The maximum atomic E-state index is 9.38. The number of methoxy groups -OCH3 is 1.